The van der Waals surface area contributed by atoms with E-state index in [2.05, 4.69) is 25.5 Å². The molecule has 0 spiro atoms. The third-order valence-electron chi connectivity index (χ3n) is 3.99. The SMILES string of the molecule is Cc1cc(Nc2nccc(C(F)(F)F)n2)cc(-c2ccc(N(C)CC(=O)O)nn2)c1. The molecule has 0 saturated heterocycles. The molecule has 0 unspecified atom stereocenters. The van der Waals surface area contributed by atoms with Gasteiger partial charge in [-0.3, -0.25) is 4.79 Å². The van der Waals surface area contributed by atoms with Crippen molar-refractivity contribution in [2.24, 2.45) is 0 Å². The van der Waals surface area contributed by atoms with Crippen LogP contribution in [-0.4, -0.2) is 44.8 Å². The number of benzene rings is 1. The van der Waals surface area contributed by atoms with Crippen LogP contribution in [0.15, 0.2) is 42.6 Å². The molecule has 0 saturated carbocycles. The van der Waals surface area contributed by atoms with Gasteiger partial charge in [0.15, 0.2) is 5.82 Å². The van der Waals surface area contributed by atoms with Gasteiger partial charge >= 0.3 is 12.1 Å². The zero-order valence-corrected chi connectivity index (χ0v) is 16.0. The molecule has 8 nitrogen and oxygen atoms in total. The third kappa shape index (κ3) is 5.19. The lowest BCUT2D eigenvalue weighted by atomic mass is 10.1. The minimum Gasteiger partial charge on any atom is -0.480 e. The Morgan fingerprint density at radius 1 is 1.17 bits per heavy atom. The largest absolute Gasteiger partial charge is 0.480 e. The predicted octanol–water partition coefficient (Wildman–Crippen LogP) is 3.53. The number of aryl methyl sites for hydroxylation is 1. The fourth-order valence-electron chi connectivity index (χ4n) is 2.68. The van der Waals surface area contributed by atoms with Gasteiger partial charge in [-0.25, -0.2) is 9.97 Å². The number of hydrogen-bond donors (Lipinski definition) is 2. The predicted molar refractivity (Wildman–Crippen MR) is 103 cm³/mol. The molecule has 3 aromatic rings. The quantitative estimate of drug-likeness (QED) is 0.627. The summed E-state index contributed by atoms with van der Waals surface area (Å²) >= 11 is 0. The van der Waals surface area contributed by atoms with Crippen LogP contribution in [0.2, 0.25) is 0 Å². The highest BCUT2D eigenvalue weighted by Gasteiger charge is 2.32. The zero-order valence-electron chi connectivity index (χ0n) is 16.0. The summed E-state index contributed by atoms with van der Waals surface area (Å²) in [6, 6.07) is 9.36. The first-order valence-corrected chi connectivity index (χ1v) is 8.68. The van der Waals surface area contributed by atoms with Crippen molar-refractivity contribution in [2.75, 3.05) is 23.8 Å². The second-order valence-electron chi connectivity index (χ2n) is 6.50. The fraction of sp³-hybridized carbons (Fsp3) is 0.211. The maximum Gasteiger partial charge on any atom is 0.433 e. The van der Waals surface area contributed by atoms with E-state index in [1.165, 1.54) is 4.90 Å². The number of rotatable bonds is 6. The van der Waals surface area contributed by atoms with Gasteiger partial charge in [-0.15, -0.1) is 10.2 Å². The molecule has 0 atom stereocenters. The number of hydrogen-bond acceptors (Lipinski definition) is 7. The molecule has 156 valence electrons. The number of carboxylic acids is 1. The molecule has 2 heterocycles. The second kappa shape index (κ2) is 8.31. The van der Waals surface area contributed by atoms with Gasteiger partial charge in [0, 0.05) is 24.5 Å². The number of halogens is 3. The maximum absolute atomic E-state index is 12.8. The standard InChI is InChI=1S/C19H17F3N6O2/c1-11-7-12(14-3-4-16(27-26-14)28(2)10-17(29)30)9-13(8-11)24-18-23-6-5-15(25-18)19(20,21)22/h3-9H,10H2,1-2H3,(H,29,30)(H,23,24,25). The molecule has 30 heavy (non-hydrogen) atoms. The summed E-state index contributed by atoms with van der Waals surface area (Å²) in [7, 11) is 1.58. The second-order valence-corrected chi connectivity index (χ2v) is 6.50. The Kier molecular flexibility index (Phi) is 5.81. The van der Waals surface area contributed by atoms with Crippen molar-refractivity contribution in [3.05, 3.63) is 53.9 Å². The van der Waals surface area contributed by atoms with Crippen molar-refractivity contribution in [2.45, 2.75) is 13.1 Å². The third-order valence-corrected chi connectivity index (χ3v) is 3.99. The molecule has 11 heteroatoms. The number of likely N-dealkylation sites (N-methyl/N-ethyl adjacent to an activating group) is 1. The number of carbonyl (C=O) groups is 1. The van der Waals surface area contributed by atoms with E-state index in [1.807, 2.05) is 13.0 Å². The summed E-state index contributed by atoms with van der Waals surface area (Å²) in [5, 5.41) is 19.8. The Morgan fingerprint density at radius 3 is 2.57 bits per heavy atom. The first-order valence-electron chi connectivity index (χ1n) is 8.68. The molecule has 0 radical (unpaired) electrons. The molecular formula is C19H17F3N6O2. The summed E-state index contributed by atoms with van der Waals surface area (Å²) in [4.78, 5) is 19.6. The van der Waals surface area contributed by atoms with E-state index in [0.717, 1.165) is 17.8 Å². The molecule has 0 aliphatic heterocycles. The van der Waals surface area contributed by atoms with E-state index in [0.29, 0.717) is 22.8 Å². The first-order chi connectivity index (χ1) is 14.1. The molecule has 0 aliphatic rings. The van der Waals surface area contributed by atoms with Crippen molar-refractivity contribution < 1.29 is 23.1 Å². The highest BCUT2D eigenvalue weighted by molar-refractivity contribution is 5.73. The van der Waals surface area contributed by atoms with Gasteiger partial charge in [0.05, 0.1) is 5.69 Å². The van der Waals surface area contributed by atoms with Gasteiger partial charge in [-0.05, 0) is 48.9 Å². The van der Waals surface area contributed by atoms with Crippen LogP contribution in [0.4, 0.5) is 30.6 Å². The van der Waals surface area contributed by atoms with Crippen LogP contribution in [-0.2, 0) is 11.0 Å². The van der Waals surface area contributed by atoms with Crippen LogP contribution in [0, 0.1) is 6.92 Å². The number of nitrogens with one attached hydrogen (secondary N) is 1. The van der Waals surface area contributed by atoms with Crippen molar-refractivity contribution in [1.82, 2.24) is 20.2 Å². The molecule has 0 aliphatic carbocycles. The smallest absolute Gasteiger partial charge is 0.433 e. The van der Waals surface area contributed by atoms with Gasteiger partial charge in [-0.1, -0.05) is 0 Å². The van der Waals surface area contributed by atoms with Crippen LogP contribution in [0.1, 0.15) is 11.3 Å². The van der Waals surface area contributed by atoms with Gasteiger partial charge < -0.3 is 15.3 Å². The molecule has 2 N–H and O–H groups in total. The van der Waals surface area contributed by atoms with Crippen LogP contribution < -0.4 is 10.2 Å². The lowest BCUT2D eigenvalue weighted by molar-refractivity contribution is -0.141. The zero-order chi connectivity index (χ0) is 21.9. The van der Waals surface area contributed by atoms with E-state index in [1.54, 1.807) is 31.3 Å². The van der Waals surface area contributed by atoms with Crippen LogP contribution >= 0.6 is 0 Å². The van der Waals surface area contributed by atoms with E-state index in [4.69, 9.17) is 5.11 Å². The lowest BCUT2D eigenvalue weighted by Crippen LogP contribution is -2.26. The van der Waals surface area contributed by atoms with E-state index < -0.39 is 17.8 Å². The van der Waals surface area contributed by atoms with Crippen molar-refractivity contribution in [3.63, 3.8) is 0 Å². The normalized spacial score (nSPS) is 11.2. The first kappa shape index (κ1) is 21.0. The molecule has 0 fully saturated rings. The fourth-order valence-corrected chi connectivity index (χ4v) is 2.68. The summed E-state index contributed by atoms with van der Waals surface area (Å²) in [6.07, 6.45) is -3.53. The number of aliphatic carboxylic acids is 1. The number of aromatic nitrogens is 4. The molecule has 3 rings (SSSR count). The van der Waals surface area contributed by atoms with Crippen molar-refractivity contribution in [3.8, 4) is 11.3 Å². The number of alkyl halides is 3. The molecule has 0 bridgehead atoms. The summed E-state index contributed by atoms with van der Waals surface area (Å²) in [5.74, 6) is -0.780. The van der Waals surface area contributed by atoms with Crippen LogP contribution in [0.25, 0.3) is 11.3 Å². The highest BCUT2D eigenvalue weighted by Crippen LogP contribution is 2.29. The molecule has 1 aromatic carbocycles. The molecule has 2 aromatic heterocycles. The monoisotopic (exact) mass is 418 g/mol. The molecule has 0 amide bonds. The van der Waals surface area contributed by atoms with E-state index in [9.17, 15) is 18.0 Å². The molecular weight excluding hydrogens is 401 g/mol. The maximum atomic E-state index is 12.8. The van der Waals surface area contributed by atoms with Crippen molar-refractivity contribution >= 4 is 23.4 Å². The van der Waals surface area contributed by atoms with Crippen LogP contribution in [0.5, 0.6) is 0 Å². The average molecular weight is 418 g/mol. The summed E-state index contributed by atoms with van der Waals surface area (Å²) in [6.45, 7) is 1.60. The Labute approximate surface area is 169 Å². The Hall–Kier alpha value is -3.76. The number of carboxylic acid groups (broad SMARTS) is 1. The highest BCUT2D eigenvalue weighted by atomic mass is 19.4. The Bertz CT molecular complexity index is 1060. The summed E-state index contributed by atoms with van der Waals surface area (Å²) < 4.78 is 38.5. The van der Waals surface area contributed by atoms with E-state index in [-0.39, 0.29) is 12.5 Å². The van der Waals surface area contributed by atoms with Gasteiger partial charge in [0.2, 0.25) is 5.95 Å². The summed E-state index contributed by atoms with van der Waals surface area (Å²) in [5.41, 5.74) is 1.46. The lowest BCUT2D eigenvalue weighted by Gasteiger charge is -2.15. The van der Waals surface area contributed by atoms with Gasteiger partial charge in [0.25, 0.3) is 0 Å². The average Bonchev–Trinajstić information content (AvgIpc) is 2.67. The topological polar surface area (TPSA) is 104 Å². The minimum atomic E-state index is -4.57. The van der Waals surface area contributed by atoms with Crippen molar-refractivity contribution in [1.29, 1.82) is 0 Å². The van der Waals surface area contributed by atoms with Gasteiger partial charge in [0.1, 0.15) is 12.2 Å². The van der Waals surface area contributed by atoms with E-state index >= 15 is 0 Å². The van der Waals surface area contributed by atoms with Gasteiger partial charge in [-0.2, -0.15) is 13.2 Å². The van der Waals surface area contributed by atoms with Crippen LogP contribution in [0.3, 0.4) is 0 Å². The number of nitrogens with zero attached hydrogens (tertiary/aromatic N) is 5. The number of anilines is 3. The Balaban J connectivity index is 1.85. The Morgan fingerprint density at radius 2 is 1.93 bits per heavy atom. The minimum absolute atomic E-state index is 0.182.